The summed E-state index contributed by atoms with van der Waals surface area (Å²) in [6.07, 6.45) is 3.08. The zero-order valence-corrected chi connectivity index (χ0v) is 22.2. The molecule has 0 bridgehead atoms. The van der Waals surface area contributed by atoms with Gasteiger partial charge in [0, 0.05) is 28.8 Å². The third-order valence-electron chi connectivity index (χ3n) is 7.19. The maximum absolute atomic E-state index is 13.8. The molecule has 0 aliphatic carbocycles. The first-order chi connectivity index (χ1) is 17.4. The van der Waals surface area contributed by atoms with Crippen molar-refractivity contribution in [3.8, 4) is 0 Å². The molecule has 0 radical (unpaired) electrons. The van der Waals surface area contributed by atoms with Crippen LogP contribution in [0.2, 0.25) is 0 Å². The molecule has 0 spiro atoms. The molecule has 2 aromatic heterocycles. The van der Waals surface area contributed by atoms with E-state index in [1.165, 1.54) is 32.6 Å². The Morgan fingerprint density at radius 2 is 1.75 bits per heavy atom. The van der Waals surface area contributed by atoms with Crippen LogP contribution in [0.3, 0.4) is 0 Å². The van der Waals surface area contributed by atoms with Crippen molar-refractivity contribution in [1.29, 1.82) is 0 Å². The minimum absolute atomic E-state index is 0.0317. The van der Waals surface area contributed by atoms with Gasteiger partial charge in [-0.05, 0) is 49.8 Å². The van der Waals surface area contributed by atoms with Crippen LogP contribution in [0, 0.1) is 12.8 Å². The summed E-state index contributed by atoms with van der Waals surface area (Å²) in [6.45, 7) is 3.36. The average molecular weight is 540 g/mol. The van der Waals surface area contributed by atoms with Crippen molar-refractivity contribution in [3.63, 3.8) is 0 Å². The minimum Gasteiger partial charge on any atom is -0.341 e. The number of hydrogen-bond acceptors (Lipinski definition) is 7. The Morgan fingerprint density at radius 3 is 2.44 bits per heavy atom. The number of nitrogens with zero attached hydrogens (tertiary/aromatic N) is 3. The lowest BCUT2D eigenvalue weighted by Gasteiger charge is -2.30. The Labute approximate surface area is 220 Å². The highest BCUT2D eigenvalue weighted by molar-refractivity contribution is 8.00. The van der Waals surface area contributed by atoms with Crippen molar-refractivity contribution >= 4 is 57.8 Å². The van der Waals surface area contributed by atoms with Crippen molar-refractivity contribution in [3.05, 3.63) is 66.8 Å². The van der Waals surface area contributed by atoms with Gasteiger partial charge in [0.25, 0.3) is 0 Å². The zero-order valence-electron chi connectivity index (χ0n) is 19.7. The predicted octanol–water partition coefficient (Wildman–Crippen LogP) is 4.09. The zero-order chi connectivity index (χ0) is 25.0. The number of amides is 3. The summed E-state index contributed by atoms with van der Waals surface area (Å²) in [7, 11) is 0. The molecule has 7 nitrogen and oxygen atoms in total. The second-order valence-corrected chi connectivity index (χ2v) is 12.6. The van der Waals surface area contributed by atoms with Crippen LogP contribution in [-0.2, 0) is 20.9 Å². The standard InChI is InChI=1S/C26H25N3O4S3/c1-15-7-9-16(10-8-15)29-23(31)20-19(17-6-5-13-34-17)22-25(35-21(20)24(29)32)28(26(33)36-22)14-18(30)27-11-3-2-4-12-27/h5-10,13,19-21H,2-4,11-12,14H2,1H3. The molecule has 5 heterocycles. The van der Waals surface area contributed by atoms with E-state index in [1.807, 2.05) is 41.5 Å². The third kappa shape index (κ3) is 3.86. The molecular weight excluding hydrogens is 515 g/mol. The largest absolute Gasteiger partial charge is 0.341 e. The number of imide groups is 1. The molecular formula is C26H25N3O4S3. The quantitative estimate of drug-likeness (QED) is 0.467. The van der Waals surface area contributed by atoms with Crippen LogP contribution < -0.4 is 9.77 Å². The first kappa shape index (κ1) is 23.7. The fraction of sp³-hybridized carbons (Fsp3) is 0.385. The number of thiazole rings is 1. The normalized spacial score (nSPS) is 23.6. The maximum Gasteiger partial charge on any atom is 0.308 e. The molecule has 0 saturated carbocycles. The van der Waals surface area contributed by atoms with Crippen molar-refractivity contribution < 1.29 is 14.4 Å². The Balaban J connectivity index is 1.41. The van der Waals surface area contributed by atoms with Gasteiger partial charge in [0.2, 0.25) is 17.7 Å². The summed E-state index contributed by atoms with van der Waals surface area (Å²) in [5, 5.41) is 1.95. The van der Waals surface area contributed by atoms with Gasteiger partial charge in [-0.2, -0.15) is 0 Å². The highest BCUT2D eigenvalue weighted by atomic mass is 32.2. The molecule has 3 aliphatic rings. The number of rotatable bonds is 4. The number of piperidine rings is 1. The first-order valence-electron chi connectivity index (χ1n) is 12.1. The number of aryl methyl sites for hydroxylation is 1. The average Bonchev–Trinajstić information content (AvgIpc) is 3.58. The molecule has 2 fully saturated rings. The van der Waals surface area contributed by atoms with E-state index in [-0.39, 0.29) is 35.1 Å². The predicted molar refractivity (Wildman–Crippen MR) is 142 cm³/mol. The van der Waals surface area contributed by atoms with E-state index < -0.39 is 11.2 Å². The molecule has 3 amide bonds. The Hall–Kier alpha value is -2.69. The molecule has 0 N–H and O–H groups in total. The smallest absolute Gasteiger partial charge is 0.308 e. The highest BCUT2D eigenvalue weighted by Gasteiger charge is 2.57. The van der Waals surface area contributed by atoms with Crippen molar-refractivity contribution in [2.75, 3.05) is 18.0 Å². The van der Waals surface area contributed by atoms with Crippen LogP contribution in [0.5, 0.6) is 0 Å². The highest BCUT2D eigenvalue weighted by Crippen LogP contribution is 2.54. The van der Waals surface area contributed by atoms with Crippen molar-refractivity contribution in [1.82, 2.24) is 9.47 Å². The molecule has 3 aliphatic heterocycles. The number of likely N-dealkylation sites (tertiary alicyclic amines) is 1. The van der Waals surface area contributed by atoms with Crippen molar-refractivity contribution in [2.24, 2.45) is 5.92 Å². The minimum atomic E-state index is -0.649. The summed E-state index contributed by atoms with van der Waals surface area (Å²) >= 11 is 3.90. The van der Waals surface area contributed by atoms with Gasteiger partial charge in [-0.3, -0.25) is 23.7 Å². The Morgan fingerprint density at radius 1 is 1.00 bits per heavy atom. The number of benzene rings is 1. The van der Waals surface area contributed by atoms with Gasteiger partial charge < -0.3 is 4.90 Å². The van der Waals surface area contributed by atoms with E-state index in [0.717, 1.165) is 45.9 Å². The summed E-state index contributed by atoms with van der Waals surface area (Å²) in [4.78, 5) is 58.3. The van der Waals surface area contributed by atoms with E-state index in [4.69, 9.17) is 0 Å². The lowest BCUT2D eigenvalue weighted by molar-refractivity contribution is -0.133. The van der Waals surface area contributed by atoms with E-state index in [2.05, 4.69) is 0 Å². The second kappa shape index (κ2) is 9.32. The Bertz CT molecular complexity index is 1390. The maximum atomic E-state index is 13.8. The number of aromatic nitrogens is 1. The third-order valence-corrected chi connectivity index (χ3v) is 10.8. The molecule has 1 aromatic carbocycles. The summed E-state index contributed by atoms with van der Waals surface area (Å²) in [5.74, 6) is -1.55. The van der Waals surface area contributed by atoms with Crippen LogP contribution in [0.25, 0.3) is 0 Å². The topological polar surface area (TPSA) is 79.7 Å². The summed E-state index contributed by atoms with van der Waals surface area (Å²) in [6, 6.07) is 11.3. The number of thioether (sulfide) groups is 1. The summed E-state index contributed by atoms with van der Waals surface area (Å²) in [5.41, 5.74) is 1.61. The summed E-state index contributed by atoms with van der Waals surface area (Å²) < 4.78 is 1.53. The fourth-order valence-electron chi connectivity index (χ4n) is 5.36. The molecule has 36 heavy (non-hydrogen) atoms. The van der Waals surface area contributed by atoms with Crippen LogP contribution >= 0.6 is 34.4 Å². The van der Waals surface area contributed by atoms with Crippen LogP contribution in [0.15, 0.2) is 51.6 Å². The number of anilines is 1. The van der Waals surface area contributed by atoms with E-state index in [9.17, 15) is 19.2 Å². The SMILES string of the molecule is Cc1ccc(N2C(=O)C3Sc4c(sc(=O)n4CC(=O)N4CCCCC4)C(c4cccs4)C3C2=O)cc1. The number of carbonyl (C=O) groups is 3. The lowest BCUT2D eigenvalue weighted by atomic mass is 9.87. The molecule has 3 aromatic rings. The molecule has 186 valence electrons. The van der Waals surface area contributed by atoms with Gasteiger partial charge >= 0.3 is 4.87 Å². The number of fused-ring (bicyclic) bond motifs is 2. The molecule has 10 heteroatoms. The van der Waals surface area contributed by atoms with Gasteiger partial charge in [-0.1, -0.05) is 46.9 Å². The molecule has 3 unspecified atom stereocenters. The number of hydrogen-bond donors (Lipinski definition) is 0. The number of thiophene rings is 1. The van der Waals surface area contributed by atoms with E-state index in [1.54, 1.807) is 12.1 Å². The molecule has 6 rings (SSSR count). The molecule has 3 atom stereocenters. The van der Waals surface area contributed by atoms with Gasteiger partial charge in [-0.25, -0.2) is 4.90 Å². The van der Waals surface area contributed by atoms with Crippen molar-refractivity contribution in [2.45, 2.75) is 48.9 Å². The monoisotopic (exact) mass is 539 g/mol. The van der Waals surface area contributed by atoms with Crippen LogP contribution in [-0.4, -0.2) is 45.5 Å². The van der Waals surface area contributed by atoms with Gasteiger partial charge in [0.1, 0.15) is 11.8 Å². The van der Waals surface area contributed by atoms with E-state index in [0.29, 0.717) is 23.8 Å². The lowest BCUT2D eigenvalue weighted by Crippen LogP contribution is -2.39. The molecule has 2 saturated heterocycles. The van der Waals surface area contributed by atoms with Gasteiger partial charge in [-0.15, -0.1) is 11.3 Å². The fourth-order valence-corrected chi connectivity index (χ4v) is 9.08. The van der Waals surface area contributed by atoms with E-state index >= 15 is 0 Å². The first-order valence-corrected chi connectivity index (χ1v) is 14.7. The van der Waals surface area contributed by atoms with Gasteiger partial charge in [0.15, 0.2) is 0 Å². The van der Waals surface area contributed by atoms with Gasteiger partial charge in [0.05, 0.1) is 16.6 Å². The van der Waals surface area contributed by atoms with Crippen LogP contribution in [0.1, 0.15) is 40.5 Å². The number of carbonyl (C=O) groups excluding carboxylic acids is 3. The second-order valence-electron chi connectivity index (χ2n) is 9.47. The van der Waals surface area contributed by atoms with Crippen LogP contribution in [0.4, 0.5) is 5.69 Å². The Kier molecular flexibility index (Phi) is 6.13.